The molecule has 4 aromatic rings. The summed E-state index contributed by atoms with van der Waals surface area (Å²) in [6.07, 6.45) is 4.94. The lowest BCUT2D eigenvalue weighted by Crippen LogP contribution is -2.03. The van der Waals surface area contributed by atoms with Gasteiger partial charge in [0, 0.05) is 16.8 Å². The van der Waals surface area contributed by atoms with Crippen molar-refractivity contribution in [1.29, 1.82) is 0 Å². The highest BCUT2D eigenvalue weighted by Crippen LogP contribution is 2.34. The van der Waals surface area contributed by atoms with Gasteiger partial charge in [0.2, 0.25) is 5.71 Å². The zero-order valence-corrected chi connectivity index (χ0v) is 13.4. The van der Waals surface area contributed by atoms with Gasteiger partial charge in [-0.3, -0.25) is 4.98 Å². The second-order valence-corrected chi connectivity index (χ2v) is 5.67. The molecule has 4 rings (SSSR count). The number of benzene rings is 1. The summed E-state index contributed by atoms with van der Waals surface area (Å²) in [7, 11) is 0. The molecule has 0 fully saturated rings. The Kier molecular flexibility index (Phi) is 3.84. The van der Waals surface area contributed by atoms with E-state index in [4.69, 9.17) is 16.0 Å². The van der Waals surface area contributed by atoms with Gasteiger partial charge in [0.15, 0.2) is 0 Å². The van der Waals surface area contributed by atoms with Crippen molar-refractivity contribution in [1.82, 2.24) is 15.0 Å². The van der Waals surface area contributed by atoms with E-state index in [9.17, 15) is 0 Å². The van der Waals surface area contributed by atoms with E-state index in [0.29, 0.717) is 23.1 Å². The molecule has 0 unspecified atom stereocenters. The molecule has 0 amide bonds. The van der Waals surface area contributed by atoms with Crippen LogP contribution in [0, 0.1) is 0 Å². The molecule has 0 radical (unpaired) electrons. The smallest absolute Gasteiger partial charge is 0.231 e. The average molecular weight is 337 g/mol. The van der Waals surface area contributed by atoms with Crippen LogP contribution in [0.5, 0.6) is 0 Å². The van der Waals surface area contributed by atoms with Gasteiger partial charge in [-0.05, 0) is 29.8 Å². The predicted octanol–water partition coefficient (Wildman–Crippen LogP) is 4.55. The minimum atomic E-state index is 0.540. The van der Waals surface area contributed by atoms with Crippen LogP contribution < -0.4 is 5.32 Å². The molecule has 0 spiro atoms. The summed E-state index contributed by atoms with van der Waals surface area (Å²) in [5.74, 6) is 0.712. The van der Waals surface area contributed by atoms with Crippen molar-refractivity contribution in [3.8, 4) is 11.1 Å². The summed E-state index contributed by atoms with van der Waals surface area (Å²) in [5, 5.41) is 4.85. The maximum Gasteiger partial charge on any atom is 0.231 e. The van der Waals surface area contributed by atoms with Crippen LogP contribution >= 0.6 is 11.6 Å². The molecule has 1 N–H and O–H groups in total. The number of rotatable bonds is 4. The van der Waals surface area contributed by atoms with E-state index < -0.39 is 0 Å². The molecule has 1 aromatic carbocycles. The first-order valence-corrected chi connectivity index (χ1v) is 7.81. The fourth-order valence-corrected chi connectivity index (χ4v) is 2.65. The number of furan rings is 1. The number of pyridine rings is 1. The topological polar surface area (TPSA) is 63.8 Å². The normalized spacial score (nSPS) is 10.9. The second kappa shape index (κ2) is 6.29. The lowest BCUT2D eigenvalue weighted by Gasteiger charge is -2.07. The van der Waals surface area contributed by atoms with Gasteiger partial charge in [-0.2, -0.15) is 0 Å². The van der Waals surface area contributed by atoms with Crippen LogP contribution in [0.1, 0.15) is 5.69 Å². The average Bonchev–Trinajstić information content (AvgIpc) is 3.06. The van der Waals surface area contributed by atoms with Crippen LogP contribution in [-0.4, -0.2) is 15.0 Å². The van der Waals surface area contributed by atoms with Gasteiger partial charge in [0.05, 0.1) is 17.6 Å². The molecule has 0 aliphatic heterocycles. The number of halogens is 1. The zero-order valence-electron chi connectivity index (χ0n) is 12.6. The first-order valence-electron chi connectivity index (χ1n) is 7.43. The van der Waals surface area contributed by atoms with E-state index in [-0.39, 0.29) is 0 Å². The predicted molar refractivity (Wildman–Crippen MR) is 93.8 cm³/mol. The number of hydrogen-bond acceptors (Lipinski definition) is 5. The molecule has 0 saturated carbocycles. The maximum absolute atomic E-state index is 5.97. The van der Waals surface area contributed by atoms with Gasteiger partial charge in [-0.1, -0.05) is 29.8 Å². The molecule has 0 aliphatic rings. The van der Waals surface area contributed by atoms with E-state index in [0.717, 1.165) is 22.2 Å². The summed E-state index contributed by atoms with van der Waals surface area (Å²) in [6.45, 7) is 0.568. The molecule has 6 heteroatoms. The molecule has 5 nitrogen and oxygen atoms in total. The van der Waals surface area contributed by atoms with Crippen molar-refractivity contribution in [2.24, 2.45) is 0 Å². The number of nitrogens with zero attached hydrogens (tertiary/aromatic N) is 3. The molecule has 24 heavy (non-hydrogen) atoms. The summed E-state index contributed by atoms with van der Waals surface area (Å²) in [4.78, 5) is 12.9. The first-order chi connectivity index (χ1) is 11.8. The Hall–Kier alpha value is -2.92. The van der Waals surface area contributed by atoms with Crippen molar-refractivity contribution in [2.45, 2.75) is 6.54 Å². The van der Waals surface area contributed by atoms with Gasteiger partial charge in [-0.25, -0.2) is 9.97 Å². The highest BCUT2D eigenvalue weighted by atomic mass is 35.5. The van der Waals surface area contributed by atoms with Gasteiger partial charge in [0.1, 0.15) is 18.4 Å². The quantitative estimate of drug-likeness (QED) is 0.592. The maximum atomic E-state index is 5.97. The van der Waals surface area contributed by atoms with Crippen LogP contribution in [0.15, 0.2) is 65.7 Å². The van der Waals surface area contributed by atoms with Crippen LogP contribution in [0.4, 0.5) is 5.82 Å². The van der Waals surface area contributed by atoms with Crippen molar-refractivity contribution < 1.29 is 4.42 Å². The molecular formula is C18H13ClN4O. The Labute approximate surface area is 143 Å². The van der Waals surface area contributed by atoms with Crippen LogP contribution in [0.3, 0.4) is 0 Å². The Balaban J connectivity index is 1.73. The van der Waals surface area contributed by atoms with Crippen molar-refractivity contribution in [3.63, 3.8) is 0 Å². The van der Waals surface area contributed by atoms with E-state index >= 15 is 0 Å². The van der Waals surface area contributed by atoms with Gasteiger partial charge in [-0.15, -0.1) is 0 Å². The Morgan fingerprint density at radius 1 is 1.00 bits per heavy atom. The van der Waals surface area contributed by atoms with Crippen LogP contribution in [0.2, 0.25) is 5.02 Å². The molecule has 0 atom stereocenters. The third-order valence-electron chi connectivity index (χ3n) is 3.69. The van der Waals surface area contributed by atoms with E-state index in [1.165, 1.54) is 6.33 Å². The standard InChI is InChI=1S/C18H13ClN4O/c19-13-6-4-12(5-7-13)15-10-24-18-16(15)17(22-11-23-18)21-9-14-3-1-2-8-20-14/h1-8,10-11H,9H2,(H,21,22,23). The third-order valence-corrected chi connectivity index (χ3v) is 3.94. The zero-order chi connectivity index (χ0) is 16.4. The lowest BCUT2D eigenvalue weighted by molar-refractivity contribution is 0.603. The fraction of sp³-hybridized carbons (Fsp3) is 0.0556. The molecule has 3 heterocycles. The fourth-order valence-electron chi connectivity index (χ4n) is 2.53. The van der Waals surface area contributed by atoms with Crippen LogP contribution in [0.25, 0.3) is 22.2 Å². The number of anilines is 1. The summed E-state index contributed by atoms with van der Waals surface area (Å²) in [6, 6.07) is 13.4. The number of hydrogen-bond donors (Lipinski definition) is 1. The Morgan fingerprint density at radius 2 is 1.88 bits per heavy atom. The molecule has 0 aliphatic carbocycles. The van der Waals surface area contributed by atoms with E-state index in [1.54, 1.807) is 12.5 Å². The van der Waals surface area contributed by atoms with Crippen molar-refractivity contribution >= 4 is 28.5 Å². The highest BCUT2D eigenvalue weighted by molar-refractivity contribution is 6.30. The minimum Gasteiger partial charge on any atom is -0.445 e. The van der Waals surface area contributed by atoms with Gasteiger partial charge in [0.25, 0.3) is 0 Å². The Morgan fingerprint density at radius 3 is 2.67 bits per heavy atom. The minimum absolute atomic E-state index is 0.540. The molecular weight excluding hydrogens is 324 g/mol. The monoisotopic (exact) mass is 336 g/mol. The Bertz CT molecular complexity index is 967. The van der Waals surface area contributed by atoms with Gasteiger partial charge < -0.3 is 9.73 Å². The lowest BCUT2D eigenvalue weighted by atomic mass is 10.1. The SMILES string of the molecule is Clc1ccc(-c2coc3ncnc(NCc4ccccn4)c23)cc1. The van der Waals surface area contributed by atoms with Crippen molar-refractivity contribution in [3.05, 3.63) is 72.0 Å². The first kappa shape index (κ1) is 14.7. The highest BCUT2D eigenvalue weighted by Gasteiger charge is 2.14. The van der Waals surface area contributed by atoms with E-state index in [2.05, 4.69) is 20.3 Å². The summed E-state index contributed by atoms with van der Waals surface area (Å²) < 4.78 is 5.59. The van der Waals surface area contributed by atoms with Crippen LogP contribution in [-0.2, 0) is 6.54 Å². The third kappa shape index (κ3) is 2.81. The van der Waals surface area contributed by atoms with E-state index in [1.807, 2.05) is 42.5 Å². The number of nitrogens with one attached hydrogen (secondary N) is 1. The number of fused-ring (bicyclic) bond motifs is 1. The largest absolute Gasteiger partial charge is 0.445 e. The van der Waals surface area contributed by atoms with Gasteiger partial charge >= 0.3 is 0 Å². The summed E-state index contributed by atoms with van der Waals surface area (Å²) >= 11 is 5.97. The summed E-state index contributed by atoms with van der Waals surface area (Å²) in [5.41, 5.74) is 3.39. The number of aromatic nitrogens is 3. The molecule has 3 aromatic heterocycles. The second-order valence-electron chi connectivity index (χ2n) is 5.23. The van der Waals surface area contributed by atoms with Crippen molar-refractivity contribution in [2.75, 3.05) is 5.32 Å². The molecule has 0 bridgehead atoms. The molecule has 0 saturated heterocycles. The molecule has 118 valence electrons.